The quantitative estimate of drug-likeness (QED) is 0.764. The molecule has 0 fully saturated rings. The number of hydrogen-bond acceptors (Lipinski definition) is 2. The highest BCUT2D eigenvalue weighted by molar-refractivity contribution is 7.16. The van der Waals surface area contributed by atoms with E-state index >= 15 is 0 Å². The number of nitrogens with zero attached hydrogens (tertiary/aromatic N) is 2. The van der Waals surface area contributed by atoms with Gasteiger partial charge >= 0.3 is 0 Å². The van der Waals surface area contributed by atoms with Gasteiger partial charge in [-0.2, -0.15) is 4.99 Å². The van der Waals surface area contributed by atoms with Crippen LogP contribution in [-0.2, 0) is 11.8 Å². The Hall–Kier alpha value is -1.42. The molecule has 17 heavy (non-hydrogen) atoms. The molecule has 2 rings (SSSR count). The van der Waals surface area contributed by atoms with Crippen LogP contribution in [0, 0.1) is 13.8 Å². The third kappa shape index (κ3) is 2.17. The third-order valence-electron chi connectivity index (χ3n) is 2.76. The van der Waals surface area contributed by atoms with E-state index in [1.54, 1.807) is 11.3 Å². The van der Waals surface area contributed by atoms with Gasteiger partial charge in [0.1, 0.15) is 0 Å². The summed E-state index contributed by atoms with van der Waals surface area (Å²) < 4.78 is 3.19. The van der Waals surface area contributed by atoms with Crippen molar-refractivity contribution in [3.8, 4) is 0 Å². The Kier molecular flexibility index (Phi) is 3.15. The first-order chi connectivity index (χ1) is 8.02. The van der Waals surface area contributed by atoms with Crippen molar-refractivity contribution in [3.63, 3.8) is 0 Å². The molecule has 0 atom stereocenters. The molecule has 0 bridgehead atoms. The standard InChI is InChI=1S/C13H16N2OS/c1-5-11(16)14-13-15(4)12-9(3)6-8(2)7-10(12)17-13/h6-7H,5H2,1-4H3. The van der Waals surface area contributed by atoms with E-state index in [9.17, 15) is 4.79 Å². The second kappa shape index (κ2) is 4.45. The first-order valence-electron chi connectivity index (χ1n) is 5.67. The second-order valence-electron chi connectivity index (χ2n) is 4.23. The summed E-state index contributed by atoms with van der Waals surface area (Å²) in [4.78, 5) is 16.3. The molecule has 2 aromatic rings. The fourth-order valence-electron chi connectivity index (χ4n) is 1.97. The molecule has 1 amide bonds. The molecular formula is C13H16N2OS. The predicted octanol–water partition coefficient (Wildman–Crippen LogP) is 2.69. The van der Waals surface area contributed by atoms with Gasteiger partial charge in [-0.1, -0.05) is 24.3 Å². The van der Waals surface area contributed by atoms with Gasteiger partial charge in [-0.05, 0) is 31.0 Å². The maximum Gasteiger partial charge on any atom is 0.248 e. The van der Waals surface area contributed by atoms with Crippen LogP contribution in [0.2, 0.25) is 0 Å². The molecule has 0 aliphatic rings. The molecule has 1 heterocycles. The Morgan fingerprint density at radius 1 is 1.41 bits per heavy atom. The molecule has 1 aromatic heterocycles. The van der Waals surface area contributed by atoms with Gasteiger partial charge in [-0.3, -0.25) is 4.79 Å². The minimum Gasteiger partial charge on any atom is -0.319 e. The van der Waals surface area contributed by atoms with Crippen LogP contribution in [0.1, 0.15) is 24.5 Å². The topological polar surface area (TPSA) is 34.4 Å². The Morgan fingerprint density at radius 3 is 2.76 bits per heavy atom. The zero-order valence-electron chi connectivity index (χ0n) is 10.6. The van der Waals surface area contributed by atoms with Crippen molar-refractivity contribution >= 4 is 27.5 Å². The monoisotopic (exact) mass is 248 g/mol. The number of fused-ring (bicyclic) bond motifs is 1. The van der Waals surface area contributed by atoms with E-state index in [0.29, 0.717) is 6.42 Å². The van der Waals surface area contributed by atoms with E-state index < -0.39 is 0 Å². The fraction of sp³-hybridized carbons (Fsp3) is 0.385. The van der Waals surface area contributed by atoms with Crippen LogP contribution in [0.5, 0.6) is 0 Å². The highest BCUT2D eigenvalue weighted by Crippen LogP contribution is 2.22. The maximum absolute atomic E-state index is 11.4. The summed E-state index contributed by atoms with van der Waals surface area (Å²) in [6.07, 6.45) is 0.451. The van der Waals surface area contributed by atoms with Crippen LogP contribution in [0.15, 0.2) is 17.1 Å². The molecule has 90 valence electrons. The van der Waals surface area contributed by atoms with Crippen LogP contribution in [0.4, 0.5) is 0 Å². The minimum atomic E-state index is -0.0680. The van der Waals surface area contributed by atoms with E-state index in [2.05, 4.69) is 31.0 Å². The van der Waals surface area contributed by atoms with E-state index in [0.717, 1.165) is 4.80 Å². The van der Waals surface area contributed by atoms with Crippen molar-refractivity contribution in [2.45, 2.75) is 27.2 Å². The molecule has 1 aromatic carbocycles. The first kappa shape index (κ1) is 12.0. The van der Waals surface area contributed by atoms with E-state index in [1.165, 1.54) is 21.3 Å². The van der Waals surface area contributed by atoms with Crippen molar-refractivity contribution in [1.82, 2.24) is 4.57 Å². The fourth-order valence-corrected chi connectivity index (χ4v) is 3.19. The average molecular weight is 248 g/mol. The summed E-state index contributed by atoms with van der Waals surface area (Å²) in [6.45, 7) is 6.00. The first-order valence-corrected chi connectivity index (χ1v) is 6.49. The molecule has 0 radical (unpaired) electrons. The summed E-state index contributed by atoms with van der Waals surface area (Å²) in [5.74, 6) is -0.0680. The summed E-state index contributed by atoms with van der Waals surface area (Å²) in [5.41, 5.74) is 3.64. The molecule has 0 saturated heterocycles. The maximum atomic E-state index is 11.4. The van der Waals surface area contributed by atoms with Gasteiger partial charge in [-0.25, -0.2) is 0 Å². The second-order valence-corrected chi connectivity index (χ2v) is 5.24. The van der Waals surface area contributed by atoms with Gasteiger partial charge in [-0.15, -0.1) is 0 Å². The Bertz CT molecular complexity index is 649. The lowest BCUT2D eigenvalue weighted by Crippen LogP contribution is -2.13. The predicted molar refractivity (Wildman–Crippen MR) is 71.1 cm³/mol. The van der Waals surface area contributed by atoms with Gasteiger partial charge in [0, 0.05) is 13.5 Å². The zero-order chi connectivity index (χ0) is 12.6. The average Bonchev–Trinajstić information content (AvgIpc) is 2.55. The van der Waals surface area contributed by atoms with E-state index in [4.69, 9.17) is 0 Å². The SMILES string of the molecule is CCC(=O)N=c1sc2cc(C)cc(C)c2n1C. The Balaban J connectivity index is 2.77. The number of thiazole rings is 1. The van der Waals surface area contributed by atoms with Crippen molar-refractivity contribution in [3.05, 3.63) is 28.1 Å². The normalized spacial score (nSPS) is 12.4. The number of carbonyl (C=O) groups excluding carboxylic acids is 1. The summed E-state index contributed by atoms with van der Waals surface area (Å²) >= 11 is 1.57. The van der Waals surface area contributed by atoms with Crippen molar-refractivity contribution < 1.29 is 4.79 Å². The van der Waals surface area contributed by atoms with Gasteiger partial charge in [0.05, 0.1) is 10.2 Å². The van der Waals surface area contributed by atoms with Gasteiger partial charge in [0.25, 0.3) is 0 Å². The molecule has 0 saturated carbocycles. The largest absolute Gasteiger partial charge is 0.319 e. The number of rotatable bonds is 1. The highest BCUT2D eigenvalue weighted by atomic mass is 32.1. The molecule has 0 N–H and O–H groups in total. The van der Waals surface area contributed by atoms with E-state index in [-0.39, 0.29) is 5.91 Å². The molecule has 3 nitrogen and oxygen atoms in total. The lowest BCUT2D eigenvalue weighted by molar-refractivity contribution is -0.117. The molecule has 0 spiro atoms. The van der Waals surface area contributed by atoms with Crippen LogP contribution in [0.25, 0.3) is 10.2 Å². The molecule has 0 aliphatic carbocycles. The van der Waals surface area contributed by atoms with Crippen LogP contribution in [-0.4, -0.2) is 10.5 Å². The smallest absolute Gasteiger partial charge is 0.248 e. The lowest BCUT2D eigenvalue weighted by Gasteiger charge is -2.01. The number of benzene rings is 1. The number of carbonyl (C=O) groups is 1. The van der Waals surface area contributed by atoms with E-state index in [1.807, 2.05) is 18.5 Å². The third-order valence-corrected chi connectivity index (χ3v) is 3.84. The summed E-state index contributed by atoms with van der Waals surface area (Å²) in [5, 5.41) is 0. The van der Waals surface area contributed by atoms with Crippen molar-refractivity contribution in [2.24, 2.45) is 12.0 Å². The zero-order valence-corrected chi connectivity index (χ0v) is 11.4. The summed E-state index contributed by atoms with van der Waals surface area (Å²) in [6, 6.07) is 4.29. The van der Waals surface area contributed by atoms with Crippen LogP contribution in [0.3, 0.4) is 0 Å². The molecule has 0 unspecified atom stereocenters. The molecular weight excluding hydrogens is 232 g/mol. The Morgan fingerprint density at radius 2 is 2.12 bits per heavy atom. The van der Waals surface area contributed by atoms with Crippen molar-refractivity contribution in [2.75, 3.05) is 0 Å². The van der Waals surface area contributed by atoms with Gasteiger partial charge in [0.2, 0.25) is 5.91 Å². The Labute approximate surface area is 104 Å². The van der Waals surface area contributed by atoms with Gasteiger partial charge < -0.3 is 4.57 Å². The number of aryl methyl sites for hydroxylation is 3. The van der Waals surface area contributed by atoms with Crippen molar-refractivity contribution in [1.29, 1.82) is 0 Å². The highest BCUT2D eigenvalue weighted by Gasteiger charge is 2.07. The van der Waals surface area contributed by atoms with Crippen LogP contribution < -0.4 is 4.80 Å². The number of aromatic nitrogens is 1. The number of amides is 1. The van der Waals surface area contributed by atoms with Crippen LogP contribution >= 0.6 is 11.3 Å². The minimum absolute atomic E-state index is 0.0680. The lowest BCUT2D eigenvalue weighted by atomic mass is 10.1. The molecule has 4 heteroatoms. The molecule has 0 aliphatic heterocycles. The number of hydrogen-bond donors (Lipinski definition) is 0. The summed E-state index contributed by atoms with van der Waals surface area (Å²) in [7, 11) is 1.96. The van der Waals surface area contributed by atoms with Gasteiger partial charge in [0.15, 0.2) is 4.80 Å².